The molecule has 6 nitrogen and oxygen atoms in total. The second-order valence-corrected chi connectivity index (χ2v) is 8.55. The highest BCUT2D eigenvalue weighted by Gasteiger charge is 2.36. The van der Waals surface area contributed by atoms with Gasteiger partial charge < -0.3 is 14.6 Å². The van der Waals surface area contributed by atoms with Crippen molar-refractivity contribution in [2.75, 3.05) is 7.11 Å². The summed E-state index contributed by atoms with van der Waals surface area (Å²) in [6.45, 7) is 5.23. The van der Waals surface area contributed by atoms with Crippen molar-refractivity contribution in [3.8, 4) is 0 Å². The summed E-state index contributed by atoms with van der Waals surface area (Å²) in [7, 11) is 1.30. The summed E-state index contributed by atoms with van der Waals surface area (Å²) in [4.78, 5) is 43.9. The lowest BCUT2D eigenvalue weighted by molar-refractivity contribution is 0.0486. The van der Waals surface area contributed by atoms with Gasteiger partial charge in [0.25, 0.3) is 5.91 Å². The number of nitrogens with one attached hydrogen (secondary N) is 1. The molecule has 0 radical (unpaired) electrons. The predicted molar refractivity (Wildman–Crippen MR) is 120 cm³/mol. The van der Waals surface area contributed by atoms with E-state index in [4.69, 9.17) is 16.3 Å². The first-order valence-corrected chi connectivity index (χ1v) is 11.0. The number of aromatic nitrogens is 1. The fourth-order valence-electron chi connectivity index (χ4n) is 4.55. The Morgan fingerprint density at radius 2 is 1.77 bits per heavy atom. The van der Waals surface area contributed by atoms with E-state index in [-0.39, 0.29) is 23.4 Å². The Hall–Kier alpha value is -2.60. The van der Waals surface area contributed by atoms with Gasteiger partial charge in [-0.15, -0.1) is 0 Å². The molecule has 0 aliphatic heterocycles. The molecule has 1 heterocycles. The van der Waals surface area contributed by atoms with Gasteiger partial charge in [-0.05, 0) is 51.3 Å². The van der Waals surface area contributed by atoms with Crippen molar-refractivity contribution in [3.05, 3.63) is 57.4 Å². The fraction of sp³-hybridized carbons (Fsp3) is 0.458. The summed E-state index contributed by atoms with van der Waals surface area (Å²) >= 11 is 6.32. The van der Waals surface area contributed by atoms with Crippen molar-refractivity contribution < 1.29 is 19.1 Å². The van der Waals surface area contributed by atoms with Crippen LogP contribution in [0.1, 0.15) is 81.5 Å². The van der Waals surface area contributed by atoms with Crippen molar-refractivity contribution in [3.63, 3.8) is 0 Å². The molecule has 1 unspecified atom stereocenters. The van der Waals surface area contributed by atoms with E-state index in [1.807, 2.05) is 0 Å². The van der Waals surface area contributed by atoms with Crippen LogP contribution >= 0.6 is 11.6 Å². The Bertz CT molecular complexity index is 991. The highest BCUT2D eigenvalue weighted by molar-refractivity contribution is 6.33. The second-order valence-electron chi connectivity index (χ2n) is 8.14. The van der Waals surface area contributed by atoms with Crippen LogP contribution in [0.2, 0.25) is 5.02 Å². The van der Waals surface area contributed by atoms with Gasteiger partial charge in [-0.3, -0.25) is 9.59 Å². The number of benzene rings is 1. The van der Waals surface area contributed by atoms with Gasteiger partial charge in [-0.1, -0.05) is 43.0 Å². The first-order chi connectivity index (χ1) is 14.8. The van der Waals surface area contributed by atoms with E-state index in [1.165, 1.54) is 7.11 Å². The number of aryl methyl sites for hydroxylation is 1. The number of carbonyl (C=O) groups excluding carboxylic acids is 3. The molecule has 1 aliphatic rings. The third-order valence-corrected chi connectivity index (χ3v) is 6.51. The zero-order valence-electron chi connectivity index (χ0n) is 18.5. The number of methoxy groups -OCH3 is 1. The van der Waals surface area contributed by atoms with Crippen LogP contribution in [0.5, 0.6) is 0 Å². The Morgan fingerprint density at radius 1 is 1.13 bits per heavy atom. The average molecular weight is 445 g/mol. The third kappa shape index (κ3) is 4.54. The van der Waals surface area contributed by atoms with E-state index in [0.29, 0.717) is 27.4 Å². The zero-order valence-corrected chi connectivity index (χ0v) is 19.2. The molecule has 1 N–H and O–H groups in total. The van der Waals surface area contributed by atoms with E-state index in [1.54, 1.807) is 49.9 Å². The molecule has 7 heteroatoms. The normalized spacial score (nSPS) is 15.4. The number of Topliss-reactive ketones (excluding diaryl/α,β-unsaturated/α-hetero) is 1. The molecule has 0 spiro atoms. The zero-order chi connectivity index (χ0) is 22.7. The highest BCUT2D eigenvalue weighted by atomic mass is 35.5. The number of amides is 1. The van der Waals surface area contributed by atoms with Gasteiger partial charge in [0.05, 0.1) is 23.7 Å². The molecule has 0 bridgehead atoms. The van der Waals surface area contributed by atoms with E-state index in [0.717, 1.165) is 32.1 Å². The number of ketones is 1. The van der Waals surface area contributed by atoms with Crippen LogP contribution in [0.3, 0.4) is 0 Å². The molecular formula is C24H29ClN2O4. The Balaban J connectivity index is 2.00. The van der Waals surface area contributed by atoms with E-state index in [2.05, 4.69) is 4.98 Å². The number of H-pyrrole nitrogens is 1. The number of nitrogens with zero attached hydrogens (tertiary/aromatic N) is 1. The number of hydrogen-bond donors (Lipinski definition) is 1. The van der Waals surface area contributed by atoms with E-state index >= 15 is 0 Å². The molecule has 1 amide bonds. The van der Waals surface area contributed by atoms with Crippen molar-refractivity contribution in [1.29, 1.82) is 0 Å². The molecule has 1 aromatic carbocycles. The summed E-state index contributed by atoms with van der Waals surface area (Å²) in [6.07, 6.45) is 4.88. The maximum absolute atomic E-state index is 13.6. The van der Waals surface area contributed by atoms with Crippen molar-refractivity contribution in [1.82, 2.24) is 9.88 Å². The fourth-order valence-corrected chi connectivity index (χ4v) is 4.77. The summed E-state index contributed by atoms with van der Waals surface area (Å²) in [5.41, 5.74) is 2.21. The standard InChI is InChI=1S/C24H29ClN2O4/c1-14-20(15(2)26-21(14)24(30)31-4)22(28)16(3)27(17-10-6-5-7-11-17)23(29)18-12-8-9-13-19(18)25/h8-9,12-13,16-17,26H,5-7,10-11H2,1-4H3. The number of carbonyl (C=O) groups is 3. The summed E-state index contributed by atoms with van der Waals surface area (Å²) < 4.78 is 4.82. The molecule has 1 aromatic heterocycles. The predicted octanol–water partition coefficient (Wildman–Crippen LogP) is 5.12. The van der Waals surface area contributed by atoms with Gasteiger partial charge in [0.2, 0.25) is 0 Å². The summed E-state index contributed by atoms with van der Waals surface area (Å²) in [6, 6.07) is 6.19. The summed E-state index contributed by atoms with van der Waals surface area (Å²) in [5.74, 6) is -0.964. The summed E-state index contributed by atoms with van der Waals surface area (Å²) in [5, 5.41) is 0.370. The van der Waals surface area contributed by atoms with Gasteiger partial charge in [0.1, 0.15) is 5.69 Å². The quantitative estimate of drug-likeness (QED) is 0.495. The van der Waals surface area contributed by atoms with Crippen LogP contribution in [-0.4, -0.2) is 46.7 Å². The molecule has 1 aliphatic carbocycles. The topological polar surface area (TPSA) is 79.5 Å². The minimum Gasteiger partial charge on any atom is -0.464 e. The highest BCUT2D eigenvalue weighted by Crippen LogP contribution is 2.30. The molecule has 0 saturated heterocycles. The van der Waals surface area contributed by atoms with Crippen LogP contribution in [0, 0.1) is 13.8 Å². The molecule has 1 saturated carbocycles. The molecule has 3 rings (SSSR count). The number of ether oxygens (including phenoxy) is 1. The Labute approximate surface area is 187 Å². The SMILES string of the molecule is COC(=O)c1[nH]c(C)c(C(=O)C(C)N(C(=O)c2ccccc2Cl)C2CCCCC2)c1C. The minimum absolute atomic E-state index is 0.0314. The lowest BCUT2D eigenvalue weighted by Gasteiger charge is -2.38. The minimum atomic E-state index is -0.703. The number of hydrogen-bond acceptors (Lipinski definition) is 4. The first kappa shape index (κ1) is 23.1. The smallest absolute Gasteiger partial charge is 0.354 e. The maximum Gasteiger partial charge on any atom is 0.354 e. The van der Waals surface area contributed by atoms with Gasteiger partial charge in [0.15, 0.2) is 5.78 Å². The van der Waals surface area contributed by atoms with Gasteiger partial charge in [-0.2, -0.15) is 0 Å². The van der Waals surface area contributed by atoms with Crippen LogP contribution < -0.4 is 0 Å². The van der Waals surface area contributed by atoms with Crippen LogP contribution in [0.25, 0.3) is 0 Å². The van der Waals surface area contributed by atoms with Crippen LogP contribution in [0.4, 0.5) is 0 Å². The van der Waals surface area contributed by atoms with Gasteiger partial charge in [0, 0.05) is 17.3 Å². The number of rotatable bonds is 6. The number of esters is 1. The van der Waals surface area contributed by atoms with E-state index in [9.17, 15) is 14.4 Å². The Kier molecular flexibility index (Phi) is 7.21. The van der Waals surface area contributed by atoms with Gasteiger partial charge >= 0.3 is 5.97 Å². The van der Waals surface area contributed by atoms with Crippen molar-refractivity contribution >= 4 is 29.3 Å². The molecule has 1 fully saturated rings. The number of halogens is 1. The molecule has 31 heavy (non-hydrogen) atoms. The van der Waals surface area contributed by atoms with Crippen LogP contribution in [-0.2, 0) is 4.74 Å². The van der Waals surface area contributed by atoms with E-state index < -0.39 is 12.0 Å². The lowest BCUT2D eigenvalue weighted by Crippen LogP contribution is -2.50. The Morgan fingerprint density at radius 3 is 2.39 bits per heavy atom. The molecule has 2 aromatic rings. The third-order valence-electron chi connectivity index (χ3n) is 6.18. The maximum atomic E-state index is 13.6. The van der Waals surface area contributed by atoms with Crippen molar-refractivity contribution in [2.24, 2.45) is 0 Å². The molecule has 1 atom stereocenters. The molecular weight excluding hydrogens is 416 g/mol. The first-order valence-electron chi connectivity index (χ1n) is 10.7. The lowest BCUT2D eigenvalue weighted by atomic mass is 9.90. The average Bonchev–Trinajstić information content (AvgIpc) is 3.07. The second kappa shape index (κ2) is 9.69. The molecule has 166 valence electrons. The van der Waals surface area contributed by atoms with Crippen molar-refractivity contribution in [2.45, 2.75) is 65.0 Å². The van der Waals surface area contributed by atoms with Gasteiger partial charge in [-0.25, -0.2) is 4.79 Å². The number of aromatic amines is 1. The monoisotopic (exact) mass is 444 g/mol. The largest absolute Gasteiger partial charge is 0.464 e. The van der Waals surface area contributed by atoms with Crippen LogP contribution in [0.15, 0.2) is 24.3 Å².